The van der Waals surface area contributed by atoms with Gasteiger partial charge in [-0.1, -0.05) is 0 Å². The Morgan fingerprint density at radius 3 is 2.64 bits per heavy atom. The summed E-state index contributed by atoms with van der Waals surface area (Å²) in [5.41, 5.74) is 0.485. The van der Waals surface area contributed by atoms with E-state index in [4.69, 9.17) is 9.47 Å². The molecule has 0 aromatic heterocycles. The van der Waals surface area contributed by atoms with Crippen molar-refractivity contribution >= 4 is 6.29 Å². The van der Waals surface area contributed by atoms with Crippen LogP contribution in [0.3, 0.4) is 0 Å². The Morgan fingerprint density at radius 2 is 2.07 bits per heavy atom. The summed E-state index contributed by atoms with van der Waals surface area (Å²) >= 11 is 0. The summed E-state index contributed by atoms with van der Waals surface area (Å²) < 4.78 is 11.1. The number of hydrogen-bond donors (Lipinski definition) is 0. The zero-order valence-electron chi connectivity index (χ0n) is 8.33. The van der Waals surface area contributed by atoms with Gasteiger partial charge in [-0.05, 0) is 25.7 Å². The SMILES string of the molecule is O=CC1CCOC2(C1)CC1(COC1)C2. The zero-order valence-corrected chi connectivity index (χ0v) is 8.33. The van der Waals surface area contributed by atoms with Crippen LogP contribution in [-0.4, -0.2) is 31.7 Å². The molecule has 14 heavy (non-hydrogen) atoms. The van der Waals surface area contributed by atoms with Gasteiger partial charge in [0.25, 0.3) is 0 Å². The summed E-state index contributed by atoms with van der Waals surface area (Å²) in [7, 11) is 0. The van der Waals surface area contributed by atoms with E-state index in [0.29, 0.717) is 5.41 Å². The van der Waals surface area contributed by atoms with Gasteiger partial charge in [-0.25, -0.2) is 0 Å². The van der Waals surface area contributed by atoms with Crippen molar-refractivity contribution in [3.8, 4) is 0 Å². The Kier molecular flexibility index (Phi) is 1.77. The Morgan fingerprint density at radius 1 is 1.29 bits per heavy atom. The lowest BCUT2D eigenvalue weighted by atomic mass is 9.55. The van der Waals surface area contributed by atoms with Crippen LogP contribution in [0.4, 0.5) is 0 Å². The molecule has 0 amide bonds. The maximum absolute atomic E-state index is 10.8. The average molecular weight is 196 g/mol. The molecule has 2 aliphatic heterocycles. The Hall–Kier alpha value is -0.410. The summed E-state index contributed by atoms with van der Waals surface area (Å²) in [4.78, 5) is 10.8. The van der Waals surface area contributed by atoms with Gasteiger partial charge < -0.3 is 14.3 Å². The molecule has 0 N–H and O–H groups in total. The number of hydrogen-bond acceptors (Lipinski definition) is 3. The fraction of sp³-hybridized carbons (Fsp3) is 0.909. The molecule has 3 rings (SSSR count). The van der Waals surface area contributed by atoms with Crippen molar-refractivity contribution in [2.45, 2.75) is 31.3 Å². The standard InChI is InChI=1S/C11H16O3/c12-4-9-1-2-14-11(3-9)5-10(6-11)7-13-8-10/h4,9H,1-3,5-8H2. The maximum Gasteiger partial charge on any atom is 0.123 e. The van der Waals surface area contributed by atoms with Gasteiger partial charge in [0.05, 0.1) is 18.8 Å². The molecule has 0 bridgehead atoms. The van der Waals surface area contributed by atoms with Crippen LogP contribution in [0, 0.1) is 11.3 Å². The highest BCUT2D eigenvalue weighted by atomic mass is 16.5. The van der Waals surface area contributed by atoms with Crippen molar-refractivity contribution in [3.05, 3.63) is 0 Å². The van der Waals surface area contributed by atoms with Crippen LogP contribution in [0.2, 0.25) is 0 Å². The molecule has 0 aromatic carbocycles. The Bertz CT molecular complexity index is 249. The molecule has 1 saturated carbocycles. The van der Waals surface area contributed by atoms with E-state index in [0.717, 1.165) is 51.8 Å². The van der Waals surface area contributed by atoms with Crippen LogP contribution < -0.4 is 0 Å². The van der Waals surface area contributed by atoms with Crippen molar-refractivity contribution in [2.75, 3.05) is 19.8 Å². The van der Waals surface area contributed by atoms with E-state index >= 15 is 0 Å². The highest BCUT2D eigenvalue weighted by Crippen LogP contribution is 2.58. The van der Waals surface area contributed by atoms with Crippen molar-refractivity contribution in [1.82, 2.24) is 0 Å². The first-order valence-electron chi connectivity index (χ1n) is 5.43. The van der Waals surface area contributed by atoms with Crippen LogP contribution in [0.1, 0.15) is 25.7 Å². The molecule has 3 heteroatoms. The van der Waals surface area contributed by atoms with E-state index in [1.165, 1.54) is 0 Å². The third kappa shape index (κ3) is 1.15. The van der Waals surface area contributed by atoms with E-state index in [-0.39, 0.29) is 11.5 Å². The molecule has 2 saturated heterocycles. The lowest BCUT2D eigenvalue weighted by Gasteiger charge is -2.61. The van der Waals surface area contributed by atoms with Gasteiger partial charge in [0, 0.05) is 17.9 Å². The predicted octanol–water partition coefficient (Wildman–Crippen LogP) is 1.16. The highest BCUT2D eigenvalue weighted by Gasteiger charge is 2.60. The number of ether oxygens (including phenoxy) is 2. The van der Waals surface area contributed by atoms with Crippen LogP contribution in [0.5, 0.6) is 0 Å². The van der Waals surface area contributed by atoms with Crippen molar-refractivity contribution < 1.29 is 14.3 Å². The van der Waals surface area contributed by atoms with Gasteiger partial charge in [0.1, 0.15) is 6.29 Å². The second-order valence-electron chi connectivity index (χ2n) is 5.27. The minimum Gasteiger partial charge on any atom is -0.380 e. The summed E-state index contributed by atoms with van der Waals surface area (Å²) in [6, 6.07) is 0. The van der Waals surface area contributed by atoms with Crippen LogP contribution in [-0.2, 0) is 14.3 Å². The normalized spacial score (nSPS) is 37.6. The van der Waals surface area contributed by atoms with Gasteiger partial charge >= 0.3 is 0 Å². The summed E-state index contributed by atoms with van der Waals surface area (Å²) in [6.45, 7) is 2.58. The number of carbonyl (C=O) groups excluding carboxylic acids is 1. The minimum absolute atomic E-state index is 0.0492. The smallest absolute Gasteiger partial charge is 0.123 e. The second kappa shape index (κ2) is 2.80. The van der Waals surface area contributed by atoms with Gasteiger partial charge in [-0.15, -0.1) is 0 Å². The monoisotopic (exact) mass is 196 g/mol. The molecule has 2 spiro atoms. The molecule has 0 radical (unpaired) electrons. The largest absolute Gasteiger partial charge is 0.380 e. The Labute approximate surface area is 83.8 Å². The first-order chi connectivity index (χ1) is 6.76. The van der Waals surface area contributed by atoms with Crippen LogP contribution >= 0.6 is 0 Å². The topological polar surface area (TPSA) is 35.5 Å². The molecular weight excluding hydrogens is 180 g/mol. The molecule has 0 aromatic rings. The second-order valence-corrected chi connectivity index (χ2v) is 5.27. The van der Waals surface area contributed by atoms with Crippen molar-refractivity contribution in [1.29, 1.82) is 0 Å². The quantitative estimate of drug-likeness (QED) is 0.590. The van der Waals surface area contributed by atoms with Crippen LogP contribution in [0.15, 0.2) is 0 Å². The average Bonchev–Trinajstić information content (AvgIpc) is 2.11. The molecule has 1 aliphatic carbocycles. The lowest BCUT2D eigenvalue weighted by molar-refractivity contribution is -0.270. The molecule has 2 heterocycles. The number of aldehydes is 1. The van der Waals surface area contributed by atoms with Crippen molar-refractivity contribution in [2.24, 2.45) is 11.3 Å². The summed E-state index contributed by atoms with van der Waals surface area (Å²) in [6.07, 6.45) is 5.19. The minimum atomic E-state index is 0.0492. The van der Waals surface area contributed by atoms with Crippen molar-refractivity contribution in [3.63, 3.8) is 0 Å². The highest BCUT2D eigenvalue weighted by molar-refractivity contribution is 5.54. The molecule has 3 nitrogen and oxygen atoms in total. The van der Waals surface area contributed by atoms with E-state index in [2.05, 4.69) is 0 Å². The molecule has 1 atom stereocenters. The van der Waals surface area contributed by atoms with E-state index < -0.39 is 0 Å². The molecular formula is C11H16O3. The lowest BCUT2D eigenvalue weighted by Crippen LogP contribution is -2.63. The first-order valence-corrected chi connectivity index (χ1v) is 5.43. The zero-order chi connectivity index (χ0) is 9.65. The number of rotatable bonds is 1. The van der Waals surface area contributed by atoms with Gasteiger partial charge in [0.15, 0.2) is 0 Å². The third-order valence-electron chi connectivity index (χ3n) is 3.93. The Balaban J connectivity index is 1.65. The predicted molar refractivity (Wildman–Crippen MR) is 50.0 cm³/mol. The molecule has 1 unspecified atom stereocenters. The van der Waals surface area contributed by atoms with Gasteiger partial charge in [-0.3, -0.25) is 0 Å². The van der Waals surface area contributed by atoms with E-state index in [1.54, 1.807) is 0 Å². The molecule has 78 valence electrons. The fourth-order valence-electron chi connectivity index (χ4n) is 3.34. The first kappa shape index (κ1) is 8.86. The van der Waals surface area contributed by atoms with Gasteiger partial charge in [0.2, 0.25) is 0 Å². The number of carbonyl (C=O) groups is 1. The van der Waals surface area contributed by atoms with E-state index in [9.17, 15) is 4.79 Å². The maximum atomic E-state index is 10.8. The summed E-state index contributed by atoms with van der Waals surface area (Å²) in [5.74, 6) is 0.238. The van der Waals surface area contributed by atoms with Crippen LogP contribution in [0.25, 0.3) is 0 Å². The molecule has 3 aliphatic rings. The van der Waals surface area contributed by atoms with Gasteiger partial charge in [-0.2, -0.15) is 0 Å². The third-order valence-corrected chi connectivity index (χ3v) is 3.93. The fourth-order valence-corrected chi connectivity index (χ4v) is 3.34. The summed E-state index contributed by atoms with van der Waals surface area (Å²) in [5, 5.41) is 0. The molecule has 3 fully saturated rings. The van der Waals surface area contributed by atoms with E-state index in [1.807, 2.05) is 0 Å².